The number of hydrazine groups is 1. The van der Waals surface area contributed by atoms with Gasteiger partial charge in [-0.25, -0.2) is 10.8 Å². The fraction of sp³-hybridized carbons (Fsp3) is 0.500. The van der Waals surface area contributed by atoms with Crippen molar-refractivity contribution < 1.29 is 18.3 Å². The number of aliphatic hydroxyl groups excluding tert-OH is 1. The number of aromatic nitrogens is 1. The van der Waals surface area contributed by atoms with Crippen LogP contribution in [0.25, 0.3) is 0 Å². The third kappa shape index (κ3) is 2.65. The lowest BCUT2D eigenvalue weighted by molar-refractivity contribution is -0.137. The number of halogens is 3. The van der Waals surface area contributed by atoms with Gasteiger partial charge in [0.1, 0.15) is 11.6 Å². The maximum atomic E-state index is 12.6. The first-order valence-electron chi connectivity index (χ1n) is 5.33. The van der Waals surface area contributed by atoms with E-state index in [2.05, 4.69) is 15.7 Å². The Hall–Kier alpha value is -1.54. The molecule has 0 aliphatic heterocycles. The van der Waals surface area contributed by atoms with Crippen LogP contribution in [-0.2, 0) is 6.18 Å². The molecule has 0 unspecified atom stereocenters. The lowest BCUT2D eigenvalue weighted by atomic mass is 10.2. The van der Waals surface area contributed by atoms with Gasteiger partial charge in [-0.15, -0.1) is 0 Å². The van der Waals surface area contributed by atoms with Crippen LogP contribution in [-0.4, -0.2) is 22.2 Å². The van der Waals surface area contributed by atoms with E-state index in [1.165, 1.54) is 0 Å². The highest BCUT2D eigenvalue weighted by atomic mass is 19.4. The molecule has 8 heteroatoms. The summed E-state index contributed by atoms with van der Waals surface area (Å²) in [5, 5.41) is 11.9. The van der Waals surface area contributed by atoms with Gasteiger partial charge in [0, 0.05) is 0 Å². The molecule has 0 radical (unpaired) electrons. The Morgan fingerprint density at radius 2 is 1.94 bits per heavy atom. The van der Waals surface area contributed by atoms with E-state index in [1.807, 2.05) is 0 Å². The number of hydrogen-bond acceptors (Lipinski definition) is 5. The summed E-state index contributed by atoms with van der Waals surface area (Å²) in [7, 11) is 0. The maximum Gasteiger partial charge on any atom is 0.416 e. The number of nitrogen functional groups attached to an aromatic ring is 1. The molecular formula is C10H13F3N4O. The smallest absolute Gasteiger partial charge is 0.394 e. The minimum Gasteiger partial charge on any atom is -0.394 e. The average Bonchev–Trinajstić information content (AvgIpc) is 3.08. The molecule has 0 bridgehead atoms. The van der Waals surface area contributed by atoms with Gasteiger partial charge in [-0.05, 0) is 25.0 Å². The minimum absolute atomic E-state index is 0.0457. The first kappa shape index (κ1) is 12.9. The monoisotopic (exact) mass is 262 g/mol. The fourth-order valence-electron chi connectivity index (χ4n) is 1.58. The van der Waals surface area contributed by atoms with Crippen LogP contribution < -0.4 is 16.6 Å². The zero-order valence-electron chi connectivity index (χ0n) is 9.38. The van der Waals surface area contributed by atoms with Gasteiger partial charge in [0.25, 0.3) is 0 Å². The van der Waals surface area contributed by atoms with Gasteiger partial charge in [0.15, 0.2) is 0 Å². The molecule has 0 spiro atoms. The van der Waals surface area contributed by atoms with Crippen molar-refractivity contribution in [3.63, 3.8) is 0 Å². The Bertz CT molecular complexity index is 445. The molecular weight excluding hydrogens is 249 g/mol. The number of nitrogens with two attached hydrogens (primary N) is 1. The molecule has 5 nitrogen and oxygen atoms in total. The molecule has 1 aliphatic rings. The first-order valence-corrected chi connectivity index (χ1v) is 5.33. The van der Waals surface area contributed by atoms with Gasteiger partial charge in [0.2, 0.25) is 0 Å². The van der Waals surface area contributed by atoms with Crippen molar-refractivity contribution in [1.82, 2.24) is 4.98 Å². The normalized spacial score (nSPS) is 17.4. The van der Waals surface area contributed by atoms with Crippen LogP contribution >= 0.6 is 0 Å². The molecule has 100 valence electrons. The van der Waals surface area contributed by atoms with Gasteiger partial charge in [0.05, 0.1) is 17.7 Å². The highest BCUT2D eigenvalue weighted by Crippen LogP contribution is 2.39. The summed E-state index contributed by atoms with van der Waals surface area (Å²) in [4.78, 5) is 3.88. The molecule has 0 amide bonds. The molecule has 5 N–H and O–H groups in total. The van der Waals surface area contributed by atoms with Crippen LogP contribution in [0.5, 0.6) is 0 Å². The molecule has 2 rings (SSSR count). The van der Waals surface area contributed by atoms with Crippen LogP contribution in [0.2, 0.25) is 0 Å². The van der Waals surface area contributed by atoms with Crippen molar-refractivity contribution in [2.75, 3.05) is 17.3 Å². The molecule has 0 saturated heterocycles. The Kier molecular flexibility index (Phi) is 3.07. The summed E-state index contributed by atoms with van der Waals surface area (Å²) >= 11 is 0. The summed E-state index contributed by atoms with van der Waals surface area (Å²) in [5.41, 5.74) is 0.706. The SMILES string of the molecule is NNc1cc(C(F)(F)F)cc(NC2(CO)CC2)n1. The second-order valence-corrected chi connectivity index (χ2v) is 4.33. The van der Waals surface area contributed by atoms with Gasteiger partial charge in [-0.3, -0.25) is 0 Å². The summed E-state index contributed by atoms with van der Waals surface area (Å²) in [6.45, 7) is -0.143. The van der Waals surface area contributed by atoms with E-state index >= 15 is 0 Å². The highest BCUT2D eigenvalue weighted by Gasteiger charge is 2.42. The number of pyridine rings is 1. The third-order valence-corrected chi connectivity index (χ3v) is 2.85. The van der Waals surface area contributed by atoms with Crippen LogP contribution in [0.3, 0.4) is 0 Å². The lowest BCUT2D eigenvalue weighted by Gasteiger charge is -2.17. The van der Waals surface area contributed by atoms with Crippen LogP contribution in [0, 0.1) is 0 Å². The molecule has 0 atom stereocenters. The van der Waals surface area contributed by atoms with E-state index < -0.39 is 17.3 Å². The predicted molar refractivity (Wildman–Crippen MR) is 59.7 cm³/mol. The Morgan fingerprint density at radius 3 is 2.39 bits per heavy atom. The Balaban J connectivity index is 2.29. The van der Waals surface area contributed by atoms with Crippen LogP contribution in [0.1, 0.15) is 18.4 Å². The summed E-state index contributed by atoms with van der Waals surface area (Å²) in [6.07, 6.45) is -3.07. The zero-order chi connectivity index (χ0) is 13.4. The summed E-state index contributed by atoms with van der Waals surface area (Å²) in [5.74, 6) is 5.05. The van der Waals surface area contributed by atoms with Crippen molar-refractivity contribution in [1.29, 1.82) is 0 Å². The van der Waals surface area contributed by atoms with Crippen molar-refractivity contribution in [3.8, 4) is 0 Å². The number of hydrogen-bond donors (Lipinski definition) is 4. The lowest BCUT2D eigenvalue weighted by Crippen LogP contribution is -2.26. The number of nitrogens with zero attached hydrogens (tertiary/aromatic N) is 1. The van der Waals surface area contributed by atoms with E-state index in [0.717, 1.165) is 12.1 Å². The molecule has 0 aromatic carbocycles. The third-order valence-electron chi connectivity index (χ3n) is 2.85. The first-order chi connectivity index (χ1) is 8.38. The number of alkyl halides is 3. The maximum absolute atomic E-state index is 12.6. The Morgan fingerprint density at radius 1 is 1.33 bits per heavy atom. The van der Waals surface area contributed by atoms with Gasteiger partial charge < -0.3 is 15.8 Å². The average molecular weight is 262 g/mol. The van der Waals surface area contributed by atoms with Crippen molar-refractivity contribution >= 4 is 11.6 Å². The second-order valence-electron chi connectivity index (χ2n) is 4.33. The number of aliphatic hydroxyl groups is 1. The van der Waals surface area contributed by atoms with E-state index in [0.29, 0.717) is 12.8 Å². The standard InChI is InChI=1S/C10H13F3N4O/c11-10(12,13)6-3-7(15-8(4-6)17-14)16-9(5-18)1-2-9/h3-4,18H,1-2,5,14H2,(H2,15,16,17). The largest absolute Gasteiger partial charge is 0.416 e. The molecule has 18 heavy (non-hydrogen) atoms. The van der Waals surface area contributed by atoms with Gasteiger partial charge >= 0.3 is 6.18 Å². The number of rotatable bonds is 4. The molecule has 1 fully saturated rings. The fourth-order valence-corrected chi connectivity index (χ4v) is 1.58. The van der Waals surface area contributed by atoms with Gasteiger partial charge in [-0.1, -0.05) is 0 Å². The van der Waals surface area contributed by atoms with Gasteiger partial charge in [-0.2, -0.15) is 13.2 Å². The number of nitrogens with one attached hydrogen (secondary N) is 2. The predicted octanol–water partition coefficient (Wildman–Crippen LogP) is 1.32. The second kappa shape index (κ2) is 4.29. The molecule has 1 heterocycles. The van der Waals surface area contributed by atoms with Crippen molar-refractivity contribution in [2.24, 2.45) is 5.84 Å². The van der Waals surface area contributed by atoms with Crippen LogP contribution in [0.4, 0.5) is 24.8 Å². The molecule has 1 aliphatic carbocycles. The van der Waals surface area contributed by atoms with E-state index in [1.54, 1.807) is 0 Å². The van der Waals surface area contributed by atoms with Crippen molar-refractivity contribution in [2.45, 2.75) is 24.6 Å². The quantitative estimate of drug-likeness (QED) is 0.486. The minimum atomic E-state index is -4.47. The molecule has 1 aromatic heterocycles. The molecule has 1 saturated carbocycles. The topological polar surface area (TPSA) is 83.2 Å². The summed E-state index contributed by atoms with van der Waals surface area (Å²) < 4.78 is 37.9. The van der Waals surface area contributed by atoms with E-state index in [-0.39, 0.29) is 18.2 Å². The van der Waals surface area contributed by atoms with Crippen LogP contribution in [0.15, 0.2) is 12.1 Å². The van der Waals surface area contributed by atoms with Crippen molar-refractivity contribution in [3.05, 3.63) is 17.7 Å². The van der Waals surface area contributed by atoms with E-state index in [4.69, 9.17) is 10.9 Å². The molecule has 1 aromatic rings. The number of anilines is 2. The highest BCUT2D eigenvalue weighted by molar-refractivity contribution is 5.51. The Labute approximate surface area is 101 Å². The summed E-state index contributed by atoms with van der Waals surface area (Å²) in [6, 6.07) is 1.72. The van der Waals surface area contributed by atoms with E-state index in [9.17, 15) is 13.2 Å². The zero-order valence-corrected chi connectivity index (χ0v) is 9.38.